The maximum Gasteiger partial charge on any atom is 0.263 e. The number of hydrogen-bond acceptors (Lipinski definition) is 4. The second kappa shape index (κ2) is 5.27. The van der Waals surface area contributed by atoms with Crippen LogP contribution in [0.2, 0.25) is 0 Å². The summed E-state index contributed by atoms with van der Waals surface area (Å²) in [6, 6.07) is 9.68. The summed E-state index contributed by atoms with van der Waals surface area (Å²) in [7, 11) is -3.68. The number of sulfonamides is 1. The van der Waals surface area contributed by atoms with E-state index in [2.05, 4.69) is 14.7 Å². The fourth-order valence-corrected chi connectivity index (χ4v) is 3.11. The fourth-order valence-electron chi connectivity index (χ4n) is 2.10. The van der Waals surface area contributed by atoms with Gasteiger partial charge in [-0.2, -0.15) is 0 Å². The molecule has 2 N–H and O–H groups in total. The van der Waals surface area contributed by atoms with Gasteiger partial charge in [0.25, 0.3) is 15.6 Å². The lowest BCUT2D eigenvalue weighted by atomic mass is 10.1. The van der Waals surface area contributed by atoms with Crippen molar-refractivity contribution in [3.8, 4) is 0 Å². The lowest BCUT2D eigenvalue weighted by Crippen LogP contribution is -2.13. The van der Waals surface area contributed by atoms with Crippen LogP contribution >= 0.6 is 0 Å². The second-order valence-electron chi connectivity index (χ2n) is 4.88. The first-order chi connectivity index (χ1) is 10.5. The number of nitrogens with one attached hydrogen (secondary N) is 2. The van der Waals surface area contributed by atoms with Crippen LogP contribution in [0.5, 0.6) is 0 Å². The van der Waals surface area contributed by atoms with Crippen LogP contribution in [-0.4, -0.2) is 18.4 Å². The highest BCUT2D eigenvalue weighted by Crippen LogP contribution is 2.20. The minimum absolute atomic E-state index is 0.0905. The zero-order valence-electron chi connectivity index (χ0n) is 11.7. The SMILES string of the molecule is Cc1cc2cc(NS(=O)(=O)c3cccnc3)ccc2[nH]c1=O. The molecule has 0 atom stereocenters. The van der Waals surface area contributed by atoms with Gasteiger partial charge in [-0.05, 0) is 43.3 Å². The van der Waals surface area contributed by atoms with Crippen LogP contribution in [0.3, 0.4) is 0 Å². The molecule has 0 fully saturated rings. The number of aromatic nitrogens is 2. The molecule has 0 amide bonds. The minimum atomic E-state index is -3.68. The molecule has 0 saturated carbocycles. The van der Waals surface area contributed by atoms with Crippen molar-refractivity contribution in [2.75, 3.05) is 4.72 Å². The van der Waals surface area contributed by atoms with Crippen molar-refractivity contribution in [1.82, 2.24) is 9.97 Å². The molecule has 0 aliphatic heterocycles. The molecule has 3 aromatic rings. The molecule has 0 radical (unpaired) electrons. The number of benzene rings is 1. The van der Waals surface area contributed by atoms with Crippen molar-refractivity contribution in [3.05, 3.63) is 64.7 Å². The van der Waals surface area contributed by atoms with E-state index < -0.39 is 10.0 Å². The summed E-state index contributed by atoms with van der Waals surface area (Å²) >= 11 is 0. The topological polar surface area (TPSA) is 91.9 Å². The molecule has 0 saturated heterocycles. The molecule has 0 aliphatic carbocycles. The highest BCUT2D eigenvalue weighted by atomic mass is 32.2. The monoisotopic (exact) mass is 315 g/mol. The first-order valence-corrected chi connectivity index (χ1v) is 8.00. The van der Waals surface area contributed by atoms with Crippen LogP contribution in [-0.2, 0) is 10.0 Å². The molecule has 2 aromatic heterocycles. The Morgan fingerprint density at radius 3 is 2.73 bits per heavy atom. The van der Waals surface area contributed by atoms with Crippen molar-refractivity contribution in [1.29, 1.82) is 0 Å². The van der Waals surface area contributed by atoms with E-state index in [0.717, 1.165) is 5.39 Å². The van der Waals surface area contributed by atoms with Crippen molar-refractivity contribution in [3.63, 3.8) is 0 Å². The third-order valence-electron chi connectivity index (χ3n) is 3.23. The van der Waals surface area contributed by atoms with E-state index in [1.807, 2.05) is 0 Å². The number of H-pyrrole nitrogens is 1. The Morgan fingerprint density at radius 1 is 1.18 bits per heavy atom. The quantitative estimate of drug-likeness (QED) is 0.773. The van der Waals surface area contributed by atoms with Crippen LogP contribution in [0.1, 0.15) is 5.56 Å². The predicted octanol–water partition coefficient (Wildman–Crippen LogP) is 2.03. The zero-order chi connectivity index (χ0) is 15.7. The van der Waals surface area contributed by atoms with Gasteiger partial charge in [0.05, 0.1) is 0 Å². The molecule has 0 unspecified atom stereocenters. The smallest absolute Gasteiger partial charge is 0.263 e. The summed E-state index contributed by atoms with van der Waals surface area (Å²) in [5.74, 6) is 0. The lowest BCUT2D eigenvalue weighted by Gasteiger charge is -2.09. The molecule has 112 valence electrons. The summed E-state index contributed by atoms with van der Waals surface area (Å²) in [5, 5.41) is 0.753. The zero-order valence-corrected chi connectivity index (χ0v) is 12.5. The number of nitrogens with zero attached hydrogens (tertiary/aromatic N) is 1. The van der Waals surface area contributed by atoms with Gasteiger partial charge in [-0.25, -0.2) is 8.42 Å². The maximum absolute atomic E-state index is 12.2. The van der Waals surface area contributed by atoms with Crippen LogP contribution in [0.15, 0.2) is 58.5 Å². The summed E-state index contributed by atoms with van der Waals surface area (Å²) in [6.07, 6.45) is 2.79. The van der Waals surface area contributed by atoms with Crippen LogP contribution in [0, 0.1) is 6.92 Å². The third-order valence-corrected chi connectivity index (χ3v) is 4.59. The Hall–Kier alpha value is -2.67. The molecule has 2 heterocycles. The number of pyridine rings is 2. The Bertz CT molecular complexity index is 995. The Labute approximate surface area is 126 Å². The second-order valence-corrected chi connectivity index (χ2v) is 6.56. The fraction of sp³-hybridized carbons (Fsp3) is 0.0667. The highest BCUT2D eigenvalue weighted by molar-refractivity contribution is 7.92. The summed E-state index contributed by atoms with van der Waals surface area (Å²) in [5.41, 5.74) is 1.48. The molecule has 0 bridgehead atoms. The van der Waals surface area contributed by atoms with Gasteiger partial charge in [0.2, 0.25) is 0 Å². The van der Waals surface area contributed by atoms with Crippen LogP contribution in [0.25, 0.3) is 10.9 Å². The van der Waals surface area contributed by atoms with Gasteiger partial charge in [-0.3, -0.25) is 14.5 Å². The van der Waals surface area contributed by atoms with Crippen LogP contribution in [0.4, 0.5) is 5.69 Å². The van der Waals surface area contributed by atoms with E-state index >= 15 is 0 Å². The Kier molecular flexibility index (Phi) is 3.42. The van der Waals surface area contributed by atoms with Gasteiger partial charge < -0.3 is 4.98 Å². The highest BCUT2D eigenvalue weighted by Gasteiger charge is 2.14. The summed E-state index contributed by atoms with van der Waals surface area (Å²) < 4.78 is 27.0. The van der Waals surface area contributed by atoms with Crippen molar-refractivity contribution < 1.29 is 8.42 Å². The normalized spacial score (nSPS) is 11.5. The molecule has 6 nitrogen and oxygen atoms in total. The van der Waals surface area contributed by atoms with Gasteiger partial charge in [0, 0.05) is 34.5 Å². The van der Waals surface area contributed by atoms with Gasteiger partial charge in [0.15, 0.2) is 0 Å². The molecule has 0 aliphatic rings. The predicted molar refractivity (Wildman–Crippen MR) is 84.4 cm³/mol. The van der Waals surface area contributed by atoms with E-state index in [1.165, 1.54) is 18.5 Å². The number of hydrogen-bond donors (Lipinski definition) is 2. The molecule has 7 heteroatoms. The van der Waals surface area contributed by atoms with E-state index in [-0.39, 0.29) is 10.5 Å². The maximum atomic E-state index is 12.2. The van der Waals surface area contributed by atoms with E-state index in [1.54, 1.807) is 37.3 Å². The van der Waals surface area contributed by atoms with Crippen LogP contribution < -0.4 is 10.3 Å². The van der Waals surface area contributed by atoms with Crippen molar-refractivity contribution in [2.45, 2.75) is 11.8 Å². The van der Waals surface area contributed by atoms with Gasteiger partial charge in [0.1, 0.15) is 4.90 Å². The molecule has 3 rings (SSSR count). The molecule has 1 aromatic carbocycles. The Morgan fingerprint density at radius 2 is 2.00 bits per heavy atom. The third kappa shape index (κ3) is 2.71. The lowest BCUT2D eigenvalue weighted by molar-refractivity contribution is 0.601. The first kappa shape index (κ1) is 14.3. The molecule has 0 spiro atoms. The largest absolute Gasteiger partial charge is 0.322 e. The van der Waals surface area contributed by atoms with Gasteiger partial charge in [-0.1, -0.05) is 0 Å². The van der Waals surface area contributed by atoms with E-state index in [4.69, 9.17) is 0 Å². The molecular formula is C15H13N3O3S. The average Bonchev–Trinajstić information content (AvgIpc) is 2.49. The van der Waals surface area contributed by atoms with Gasteiger partial charge >= 0.3 is 0 Å². The minimum Gasteiger partial charge on any atom is -0.322 e. The van der Waals surface area contributed by atoms with Crippen molar-refractivity contribution >= 4 is 26.6 Å². The summed E-state index contributed by atoms with van der Waals surface area (Å²) in [4.78, 5) is 18.2. The number of aryl methyl sites for hydroxylation is 1. The molecular weight excluding hydrogens is 302 g/mol. The van der Waals surface area contributed by atoms with E-state index in [9.17, 15) is 13.2 Å². The average molecular weight is 315 g/mol. The number of anilines is 1. The summed E-state index contributed by atoms with van der Waals surface area (Å²) in [6.45, 7) is 1.70. The first-order valence-electron chi connectivity index (χ1n) is 6.52. The number of rotatable bonds is 3. The Balaban J connectivity index is 2.01. The standard InChI is InChI=1S/C15H13N3O3S/c1-10-7-11-8-12(4-5-14(11)17-15(10)19)18-22(20,21)13-3-2-6-16-9-13/h2-9,18H,1H3,(H,17,19). The number of aromatic amines is 1. The van der Waals surface area contributed by atoms with Gasteiger partial charge in [-0.15, -0.1) is 0 Å². The molecule has 22 heavy (non-hydrogen) atoms. The van der Waals surface area contributed by atoms with Crippen molar-refractivity contribution in [2.24, 2.45) is 0 Å². The number of fused-ring (bicyclic) bond motifs is 1. The van der Waals surface area contributed by atoms with E-state index in [0.29, 0.717) is 16.8 Å².